The van der Waals surface area contributed by atoms with Gasteiger partial charge in [0.05, 0.1) is 11.0 Å². The van der Waals surface area contributed by atoms with E-state index >= 15 is 0 Å². The Morgan fingerprint density at radius 3 is 2.65 bits per heavy atom. The van der Waals surface area contributed by atoms with Crippen molar-refractivity contribution in [3.05, 3.63) is 24.3 Å². The highest BCUT2D eigenvalue weighted by Gasteiger charge is 2.21. The van der Waals surface area contributed by atoms with Crippen molar-refractivity contribution < 1.29 is 9.53 Å². The Morgan fingerprint density at radius 2 is 1.92 bits per heavy atom. The van der Waals surface area contributed by atoms with Gasteiger partial charge in [-0.3, -0.25) is 4.79 Å². The summed E-state index contributed by atoms with van der Waals surface area (Å²) in [6.07, 6.45) is 5.94. The molecule has 2 aliphatic rings. The lowest BCUT2D eigenvalue weighted by Gasteiger charge is -2.22. The van der Waals surface area contributed by atoms with Crippen LogP contribution in [-0.2, 0) is 9.53 Å². The summed E-state index contributed by atoms with van der Waals surface area (Å²) in [5, 5.41) is 3.02. The molecule has 2 aliphatic heterocycles. The number of hydrogen-bond acceptors (Lipinski definition) is 5. The lowest BCUT2D eigenvalue weighted by atomic mass is 9.97. The van der Waals surface area contributed by atoms with Crippen LogP contribution in [0.3, 0.4) is 0 Å². The second-order valence-electron chi connectivity index (χ2n) is 7.25. The summed E-state index contributed by atoms with van der Waals surface area (Å²) >= 11 is 0. The predicted molar refractivity (Wildman–Crippen MR) is 102 cm³/mol. The van der Waals surface area contributed by atoms with E-state index in [1.165, 1.54) is 0 Å². The summed E-state index contributed by atoms with van der Waals surface area (Å²) in [7, 11) is 0. The predicted octanol–water partition coefficient (Wildman–Crippen LogP) is 3.38. The van der Waals surface area contributed by atoms with Crippen molar-refractivity contribution in [2.45, 2.75) is 38.5 Å². The Bertz CT molecular complexity index is 767. The number of ether oxygens (including phenoxy) is 1. The first kappa shape index (κ1) is 17.2. The van der Waals surface area contributed by atoms with Gasteiger partial charge in [-0.15, -0.1) is 0 Å². The minimum Gasteiger partial charge on any atom is -0.381 e. The third-order valence-electron chi connectivity index (χ3n) is 5.25. The van der Waals surface area contributed by atoms with Crippen molar-refractivity contribution in [3.8, 4) is 0 Å². The molecular weight excluding hydrogens is 328 g/mol. The molecule has 1 aromatic carbocycles. The maximum Gasteiger partial charge on any atom is 0.225 e. The summed E-state index contributed by atoms with van der Waals surface area (Å²) in [4.78, 5) is 24.2. The fraction of sp³-hybridized carbons (Fsp3) is 0.550. The average Bonchev–Trinajstić information content (AvgIpc) is 3.21. The van der Waals surface area contributed by atoms with Crippen molar-refractivity contribution in [1.29, 1.82) is 0 Å². The molecule has 1 aromatic heterocycles. The Kier molecular flexibility index (Phi) is 5.29. The monoisotopic (exact) mass is 354 g/mol. The van der Waals surface area contributed by atoms with E-state index in [1.54, 1.807) is 0 Å². The van der Waals surface area contributed by atoms with Crippen LogP contribution in [0.25, 0.3) is 11.0 Å². The standard InChI is InChI=1S/C20H26N4O2/c25-18(10-9-15-6-5-13-26-14-15)23-19-20(24-11-3-4-12-24)22-17-8-2-1-7-16(17)21-19/h1-2,7-8,15H,3-6,9-14H2,(H,21,23,25). The largest absolute Gasteiger partial charge is 0.381 e. The van der Waals surface area contributed by atoms with Crippen LogP contribution < -0.4 is 10.2 Å². The highest BCUT2D eigenvalue weighted by atomic mass is 16.5. The summed E-state index contributed by atoms with van der Waals surface area (Å²) < 4.78 is 5.51. The van der Waals surface area contributed by atoms with Crippen LogP contribution in [-0.4, -0.2) is 42.2 Å². The van der Waals surface area contributed by atoms with Crippen LogP contribution in [0.4, 0.5) is 11.6 Å². The van der Waals surface area contributed by atoms with Crippen molar-refractivity contribution in [3.63, 3.8) is 0 Å². The first-order chi connectivity index (χ1) is 12.8. The Hall–Kier alpha value is -2.21. The smallest absolute Gasteiger partial charge is 0.225 e. The zero-order valence-corrected chi connectivity index (χ0v) is 15.1. The van der Waals surface area contributed by atoms with Crippen LogP contribution in [0.5, 0.6) is 0 Å². The Balaban J connectivity index is 1.50. The topological polar surface area (TPSA) is 67.3 Å². The molecule has 6 nitrogen and oxygen atoms in total. The number of anilines is 2. The van der Waals surface area contributed by atoms with Gasteiger partial charge in [-0.05, 0) is 50.2 Å². The van der Waals surface area contributed by atoms with E-state index in [4.69, 9.17) is 14.7 Å². The molecule has 1 unspecified atom stereocenters. The Morgan fingerprint density at radius 1 is 1.15 bits per heavy atom. The number of nitrogens with zero attached hydrogens (tertiary/aromatic N) is 3. The van der Waals surface area contributed by atoms with E-state index in [0.29, 0.717) is 18.2 Å². The number of amides is 1. The number of nitrogens with one attached hydrogen (secondary N) is 1. The minimum atomic E-state index is 0.0144. The molecule has 3 heterocycles. The summed E-state index contributed by atoms with van der Waals surface area (Å²) in [5.74, 6) is 1.90. The van der Waals surface area contributed by atoms with Crippen LogP contribution in [0.15, 0.2) is 24.3 Å². The number of carbonyl (C=O) groups excluding carboxylic acids is 1. The molecule has 2 fully saturated rings. The molecule has 6 heteroatoms. The first-order valence-corrected chi connectivity index (χ1v) is 9.69. The molecule has 2 saturated heterocycles. The molecule has 0 saturated carbocycles. The molecule has 2 aromatic rings. The molecule has 1 N–H and O–H groups in total. The quantitative estimate of drug-likeness (QED) is 0.892. The van der Waals surface area contributed by atoms with Crippen molar-refractivity contribution >= 4 is 28.6 Å². The molecule has 0 spiro atoms. The molecular formula is C20H26N4O2. The number of carbonyl (C=O) groups is 1. The fourth-order valence-corrected chi connectivity index (χ4v) is 3.79. The van der Waals surface area contributed by atoms with Crippen molar-refractivity contribution in [1.82, 2.24) is 9.97 Å². The van der Waals surface area contributed by atoms with Crippen LogP contribution in [0.1, 0.15) is 38.5 Å². The van der Waals surface area contributed by atoms with Gasteiger partial charge in [0, 0.05) is 32.7 Å². The summed E-state index contributed by atoms with van der Waals surface area (Å²) in [6.45, 7) is 3.57. The lowest BCUT2D eigenvalue weighted by Crippen LogP contribution is -2.24. The van der Waals surface area contributed by atoms with Gasteiger partial charge in [0.25, 0.3) is 0 Å². The van der Waals surface area contributed by atoms with E-state index in [0.717, 1.165) is 75.3 Å². The van der Waals surface area contributed by atoms with E-state index in [9.17, 15) is 4.79 Å². The molecule has 0 aliphatic carbocycles. The molecule has 1 atom stereocenters. The zero-order chi connectivity index (χ0) is 17.8. The van der Waals surface area contributed by atoms with Gasteiger partial charge < -0.3 is 15.0 Å². The van der Waals surface area contributed by atoms with E-state index in [-0.39, 0.29) is 5.91 Å². The molecule has 4 rings (SSSR count). The van der Waals surface area contributed by atoms with Crippen LogP contribution >= 0.6 is 0 Å². The SMILES string of the molecule is O=C(CCC1CCCOC1)Nc1nc2ccccc2nc1N1CCCC1. The Labute approximate surface area is 154 Å². The van der Waals surface area contributed by atoms with E-state index in [2.05, 4.69) is 10.2 Å². The minimum absolute atomic E-state index is 0.0144. The number of rotatable bonds is 5. The molecule has 138 valence electrons. The summed E-state index contributed by atoms with van der Waals surface area (Å²) in [5.41, 5.74) is 1.68. The number of aromatic nitrogens is 2. The van der Waals surface area contributed by atoms with Gasteiger partial charge in [-0.25, -0.2) is 9.97 Å². The highest BCUT2D eigenvalue weighted by Crippen LogP contribution is 2.28. The van der Waals surface area contributed by atoms with Gasteiger partial charge in [0.15, 0.2) is 11.6 Å². The normalized spacial score (nSPS) is 20.5. The number of para-hydroxylation sites is 2. The maximum absolute atomic E-state index is 12.5. The average molecular weight is 354 g/mol. The number of benzene rings is 1. The van der Waals surface area contributed by atoms with Crippen molar-refractivity contribution in [2.24, 2.45) is 5.92 Å². The second-order valence-corrected chi connectivity index (χ2v) is 7.25. The zero-order valence-electron chi connectivity index (χ0n) is 15.1. The third kappa shape index (κ3) is 3.96. The maximum atomic E-state index is 12.5. The first-order valence-electron chi connectivity index (χ1n) is 9.69. The number of hydrogen-bond donors (Lipinski definition) is 1. The van der Waals surface area contributed by atoms with Gasteiger partial charge in [0.2, 0.25) is 5.91 Å². The van der Waals surface area contributed by atoms with Crippen LogP contribution in [0, 0.1) is 5.92 Å². The molecule has 0 bridgehead atoms. The van der Waals surface area contributed by atoms with Gasteiger partial charge in [-0.2, -0.15) is 0 Å². The van der Waals surface area contributed by atoms with Gasteiger partial charge in [-0.1, -0.05) is 12.1 Å². The fourth-order valence-electron chi connectivity index (χ4n) is 3.79. The third-order valence-corrected chi connectivity index (χ3v) is 5.25. The second kappa shape index (κ2) is 7.99. The van der Waals surface area contributed by atoms with Crippen molar-refractivity contribution in [2.75, 3.05) is 36.5 Å². The highest BCUT2D eigenvalue weighted by molar-refractivity contribution is 5.94. The molecule has 26 heavy (non-hydrogen) atoms. The molecule has 1 amide bonds. The lowest BCUT2D eigenvalue weighted by molar-refractivity contribution is -0.116. The van der Waals surface area contributed by atoms with Crippen LogP contribution in [0.2, 0.25) is 0 Å². The van der Waals surface area contributed by atoms with Gasteiger partial charge in [0.1, 0.15) is 0 Å². The number of fused-ring (bicyclic) bond motifs is 1. The summed E-state index contributed by atoms with van der Waals surface area (Å²) in [6, 6.07) is 7.82. The molecule has 0 radical (unpaired) electrons. The van der Waals surface area contributed by atoms with E-state index < -0.39 is 0 Å². The van der Waals surface area contributed by atoms with E-state index in [1.807, 2.05) is 24.3 Å². The van der Waals surface area contributed by atoms with Gasteiger partial charge >= 0.3 is 0 Å².